The van der Waals surface area contributed by atoms with E-state index in [0.717, 1.165) is 25.7 Å². The zero-order valence-electron chi connectivity index (χ0n) is 14.1. The number of amides is 1. The van der Waals surface area contributed by atoms with Crippen molar-refractivity contribution in [1.82, 2.24) is 10.0 Å². The fourth-order valence-corrected chi connectivity index (χ4v) is 4.24. The Hall–Kier alpha value is -1.93. The van der Waals surface area contributed by atoms with Gasteiger partial charge in [-0.3, -0.25) is 4.79 Å². The first-order valence-electron chi connectivity index (χ1n) is 8.34. The van der Waals surface area contributed by atoms with Crippen LogP contribution in [0.3, 0.4) is 0 Å². The second-order valence-corrected chi connectivity index (χ2v) is 8.34. The number of hydrogen-bond donors (Lipinski definition) is 3. The highest BCUT2D eigenvalue weighted by Crippen LogP contribution is 2.23. The molecular formula is C17H24N2O5S. The van der Waals surface area contributed by atoms with Crippen LogP contribution in [0.1, 0.15) is 44.2 Å². The van der Waals surface area contributed by atoms with Gasteiger partial charge in [0.2, 0.25) is 15.9 Å². The molecule has 2 rings (SSSR count). The van der Waals surface area contributed by atoms with E-state index in [1.165, 1.54) is 0 Å². The summed E-state index contributed by atoms with van der Waals surface area (Å²) >= 11 is 0. The summed E-state index contributed by atoms with van der Waals surface area (Å²) in [6.45, 7) is 2.13. The zero-order valence-corrected chi connectivity index (χ0v) is 15.0. The van der Waals surface area contributed by atoms with E-state index in [4.69, 9.17) is 0 Å². The van der Waals surface area contributed by atoms with Crippen molar-refractivity contribution in [2.45, 2.75) is 44.7 Å². The van der Waals surface area contributed by atoms with Crippen LogP contribution in [0.4, 0.5) is 0 Å². The molecule has 1 aromatic carbocycles. The average Bonchev–Trinajstić information content (AvgIpc) is 2.54. The van der Waals surface area contributed by atoms with Crippen molar-refractivity contribution in [2.24, 2.45) is 5.92 Å². The normalized spacial score (nSPS) is 22.1. The van der Waals surface area contributed by atoms with E-state index in [0.29, 0.717) is 11.5 Å². The number of nitrogens with one attached hydrogen (secondary N) is 2. The highest BCUT2D eigenvalue weighted by molar-refractivity contribution is 7.90. The maximum Gasteiger partial charge on any atom is 0.330 e. The highest BCUT2D eigenvalue weighted by Gasteiger charge is 2.27. The molecule has 0 spiro atoms. The molecule has 1 amide bonds. The highest BCUT2D eigenvalue weighted by atomic mass is 32.2. The summed E-state index contributed by atoms with van der Waals surface area (Å²) in [6.07, 6.45) is 3.41. The second kappa shape index (κ2) is 8.44. The molecule has 25 heavy (non-hydrogen) atoms. The van der Waals surface area contributed by atoms with Crippen molar-refractivity contribution in [1.29, 1.82) is 0 Å². The standard InChI is InChI=1S/C17H24N2O5S/c1-12-7-9-14(10-8-12)19-25(23,24)11-15(20)18-16(17(21)22)13-5-3-2-4-6-13/h2-6,12,14,16,19H,7-11H2,1H3,(H,18,20)(H,21,22)/t12?,14?,16-/m0/s1. The number of carbonyl (C=O) groups excluding carboxylic acids is 1. The molecule has 1 aromatic rings. The van der Waals surface area contributed by atoms with E-state index in [1.807, 2.05) is 0 Å². The fraction of sp³-hybridized carbons (Fsp3) is 0.529. The summed E-state index contributed by atoms with van der Waals surface area (Å²) in [6, 6.07) is 6.73. The minimum Gasteiger partial charge on any atom is -0.479 e. The van der Waals surface area contributed by atoms with E-state index < -0.39 is 33.7 Å². The summed E-state index contributed by atoms with van der Waals surface area (Å²) in [5, 5.41) is 11.6. The number of carbonyl (C=O) groups is 2. The van der Waals surface area contributed by atoms with Gasteiger partial charge in [-0.05, 0) is 37.2 Å². The third kappa shape index (κ3) is 6.13. The molecule has 1 atom stereocenters. The Morgan fingerprint density at radius 2 is 1.76 bits per heavy atom. The van der Waals surface area contributed by atoms with Crippen molar-refractivity contribution in [2.75, 3.05) is 5.75 Å². The maximum absolute atomic E-state index is 12.2. The van der Waals surface area contributed by atoms with Crippen LogP contribution in [0.2, 0.25) is 0 Å². The van der Waals surface area contributed by atoms with Gasteiger partial charge in [0.1, 0.15) is 5.75 Å². The molecule has 0 heterocycles. The van der Waals surface area contributed by atoms with Crippen LogP contribution in [-0.4, -0.2) is 37.2 Å². The fourth-order valence-electron chi connectivity index (χ4n) is 2.98. The number of carboxylic acid groups (broad SMARTS) is 1. The zero-order chi connectivity index (χ0) is 18.4. The molecule has 138 valence electrons. The SMILES string of the molecule is CC1CCC(NS(=O)(=O)CC(=O)N[C@H](C(=O)O)c2ccccc2)CC1. The van der Waals surface area contributed by atoms with Crippen molar-refractivity contribution >= 4 is 21.9 Å². The maximum atomic E-state index is 12.2. The molecule has 0 bridgehead atoms. The Kier molecular flexibility index (Phi) is 6.55. The number of hydrogen-bond acceptors (Lipinski definition) is 4. The first-order chi connectivity index (χ1) is 11.8. The molecule has 1 aliphatic carbocycles. The molecule has 1 fully saturated rings. The van der Waals surface area contributed by atoms with E-state index >= 15 is 0 Å². The molecule has 3 N–H and O–H groups in total. The molecule has 7 nitrogen and oxygen atoms in total. The molecule has 0 aliphatic heterocycles. The average molecular weight is 368 g/mol. The molecule has 0 aromatic heterocycles. The van der Waals surface area contributed by atoms with Gasteiger partial charge in [-0.25, -0.2) is 17.9 Å². The van der Waals surface area contributed by atoms with E-state index in [1.54, 1.807) is 30.3 Å². The smallest absolute Gasteiger partial charge is 0.330 e. The van der Waals surface area contributed by atoms with Crippen molar-refractivity contribution < 1.29 is 23.1 Å². The molecule has 0 radical (unpaired) electrons. The van der Waals surface area contributed by atoms with Gasteiger partial charge in [-0.1, -0.05) is 37.3 Å². The summed E-state index contributed by atoms with van der Waals surface area (Å²) in [7, 11) is -3.81. The quantitative estimate of drug-likeness (QED) is 0.674. The van der Waals surface area contributed by atoms with Crippen molar-refractivity contribution in [3.05, 3.63) is 35.9 Å². The van der Waals surface area contributed by atoms with Crippen LogP contribution >= 0.6 is 0 Å². The Morgan fingerprint density at radius 1 is 1.16 bits per heavy atom. The summed E-state index contributed by atoms with van der Waals surface area (Å²) in [4.78, 5) is 23.4. The van der Waals surface area contributed by atoms with Crippen LogP contribution in [0.5, 0.6) is 0 Å². The number of carboxylic acids is 1. The predicted octanol–water partition coefficient (Wildman–Crippen LogP) is 1.43. The van der Waals surface area contributed by atoms with Crippen molar-refractivity contribution in [3.8, 4) is 0 Å². The molecule has 1 saturated carbocycles. The lowest BCUT2D eigenvalue weighted by atomic mass is 9.88. The molecule has 8 heteroatoms. The summed E-state index contributed by atoms with van der Waals surface area (Å²) < 4.78 is 26.9. The van der Waals surface area contributed by atoms with E-state index in [9.17, 15) is 23.1 Å². The largest absolute Gasteiger partial charge is 0.479 e. The lowest BCUT2D eigenvalue weighted by Gasteiger charge is -2.26. The van der Waals surface area contributed by atoms with Crippen molar-refractivity contribution in [3.63, 3.8) is 0 Å². The van der Waals surface area contributed by atoms with Gasteiger partial charge >= 0.3 is 5.97 Å². The van der Waals surface area contributed by atoms with Crippen LogP contribution in [-0.2, 0) is 19.6 Å². The Morgan fingerprint density at radius 3 is 2.32 bits per heavy atom. The van der Waals surface area contributed by atoms with Gasteiger partial charge in [0.25, 0.3) is 0 Å². The van der Waals surface area contributed by atoms with E-state index in [-0.39, 0.29) is 6.04 Å². The third-order valence-corrected chi connectivity index (χ3v) is 5.70. The van der Waals surface area contributed by atoms with Gasteiger partial charge < -0.3 is 10.4 Å². The summed E-state index contributed by atoms with van der Waals surface area (Å²) in [5.41, 5.74) is 0.384. The lowest BCUT2D eigenvalue weighted by molar-refractivity contribution is -0.141. The van der Waals surface area contributed by atoms with Gasteiger partial charge in [0.15, 0.2) is 6.04 Å². The number of aliphatic carboxylic acids is 1. The Balaban J connectivity index is 1.94. The lowest BCUT2D eigenvalue weighted by Crippen LogP contribution is -2.44. The Labute approximate surface area is 147 Å². The topological polar surface area (TPSA) is 113 Å². The Bertz CT molecular complexity index is 697. The molecular weight excluding hydrogens is 344 g/mol. The van der Waals surface area contributed by atoms with Gasteiger partial charge in [0, 0.05) is 6.04 Å². The first-order valence-corrected chi connectivity index (χ1v) is 9.99. The van der Waals surface area contributed by atoms with Crippen LogP contribution < -0.4 is 10.0 Å². The van der Waals surface area contributed by atoms with Crippen LogP contribution in [0.25, 0.3) is 0 Å². The summed E-state index contributed by atoms with van der Waals surface area (Å²) in [5.74, 6) is -2.28. The van der Waals surface area contributed by atoms with Crippen LogP contribution in [0, 0.1) is 5.92 Å². The minimum atomic E-state index is -3.81. The van der Waals surface area contributed by atoms with Crippen LogP contribution in [0.15, 0.2) is 30.3 Å². The number of sulfonamides is 1. The van der Waals surface area contributed by atoms with Gasteiger partial charge in [0.05, 0.1) is 0 Å². The predicted molar refractivity (Wildman–Crippen MR) is 93.3 cm³/mol. The number of benzene rings is 1. The van der Waals surface area contributed by atoms with E-state index in [2.05, 4.69) is 17.0 Å². The monoisotopic (exact) mass is 368 g/mol. The second-order valence-electron chi connectivity index (χ2n) is 6.58. The third-order valence-electron chi connectivity index (χ3n) is 4.37. The minimum absolute atomic E-state index is 0.154. The molecule has 0 unspecified atom stereocenters. The molecule has 1 aliphatic rings. The van der Waals surface area contributed by atoms with Gasteiger partial charge in [-0.2, -0.15) is 0 Å². The number of rotatable bonds is 7. The van der Waals surface area contributed by atoms with Gasteiger partial charge in [-0.15, -0.1) is 0 Å². The molecule has 0 saturated heterocycles. The first kappa shape index (κ1) is 19.4.